The number of piperidine rings is 1. The average Bonchev–Trinajstić information content (AvgIpc) is 3.37. The third-order valence-corrected chi connectivity index (χ3v) is 7.71. The normalized spacial score (nSPS) is 19.5. The van der Waals surface area contributed by atoms with Crippen LogP contribution in [0.1, 0.15) is 78.1 Å². The highest BCUT2D eigenvalue weighted by Crippen LogP contribution is 2.40. The van der Waals surface area contributed by atoms with Crippen molar-refractivity contribution in [1.82, 2.24) is 14.8 Å². The summed E-state index contributed by atoms with van der Waals surface area (Å²) in [4.78, 5) is 41.9. The van der Waals surface area contributed by atoms with E-state index in [2.05, 4.69) is 17.4 Å². The summed E-state index contributed by atoms with van der Waals surface area (Å²) < 4.78 is 6.92. The zero-order valence-electron chi connectivity index (χ0n) is 20.9. The lowest BCUT2D eigenvalue weighted by Crippen LogP contribution is -2.45. The molecule has 188 valence electrons. The molecule has 35 heavy (non-hydrogen) atoms. The van der Waals surface area contributed by atoms with Crippen LogP contribution >= 0.6 is 0 Å². The molecule has 7 heteroatoms. The third-order valence-electron chi connectivity index (χ3n) is 7.71. The van der Waals surface area contributed by atoms with Crippen LogP contribution in [-0.2, 0) is 16.7 Å². The summed E-state index contributed by atoms with van der Waals surface area (Å²) in [5, 5.41) is 3.05. The summed E-state index contributed by atoms with van der Waals surface area (Å²) in [5.74, 6) is -0.718. The maximum atomic E-state index is 13.4. The summed E-state index contributed by atoms with van der Waals surface area (Å²) in [7, 11) is 1.60. The molecule has 1 saturated carbocycles. The van der Waals surface area contributed by atoms with Crippen LogP contribution in [0.5, 0.6) is 0 Å². The average molecular weight is 480 g/mol. The van der Waals surface area contributed by atoms with Crippen LogP contribution in [0, 0.1) is 0 Å². The summed E-state index contributed by atoms with van der Waals surface area (Å²) in [5.41, 5.74) is 0.666. The van der Waals surface area contributed by atoms with Gasteiger partial charge in [0.2, 0.25) is 5.43 Å². The second-order valence-electron chi connectivity index (χ2n) is 10.0. The number of amides is 2. The van der Waals surface area contributed by atoms with Gasteiger partial charge < -0.3 is 19.5 Å². The van der Waals surface area contributed by atoms with Gasteiger partial charge in [-0.25, -0.2) is 0 Å². The number of methoxy groups -OCH3 is 1. The molecule has 1 aromatic heterocycles. The largest absolute Gasteiger partial charge is 0.383 e. The van der Waals surface area contributed by atoms with E-state index in [1.807, 2.05) is 25.1 Å². The maximum absolute atomic E-state index is 13.4. The Morgan fingerprint density at radius 2 is 1.77 bits per heavy atom. The standard InChI is InChI=1S/C28H37N3O4/c1-21-10-6-9-15-31(21)27(34)24-19-30(16-17-35-2)18-23(25(24)32)26(33)29-20-28(13-7-8-14-28)22-11-4-3-5-12-22/h3-5,11-12,18-19,21H,6-10,13-17,20H2,1-2H3,(H,29,33). The van der Waals surface area contributed by atoms with Crippen molar-refractivity contribution in [3.8, 4) is 0 Å². The Labute approximate surface area is 207 Å². The molecule has 7 nitrogen and oxygen atoms in total. The number of pyridine rings is 1. The van der Waals surface area contributed by atoms with Gasteiger partial charge in [0.1, 0.15) is 11.1 Å². The van der Waals surface area contributed by atoms with Crippen molar-refractivity contribution >= 4 is 11.8 Å². The monoisotopic (exact) mass is 479 g/mol. The van der Waals surface area contributed by atoms with Crippen LogP contribution in [0.4, 0.5) is 0 Å². The van der Waals surface area contributed by atoms with Crippen LogP contribution < -0.4 is 10.7 Å². The van der Waals surface area contributed by atoms with E-state index >= 15 is 0 Å². The van der Waals surface area contributed by atoms with E-state index in [-0.39, 0.29) is 28.5 Å². The van der Waals surface area contributed by atoms with Crippen molar-refractivity contribution in [1.29, 1.82) is 0 Å². The quantitative estimate of drug-likeness (QED) is 0.625. The predicted octanol–water partition coefficient (Wildman–Crippen LogP) is 3.75. The Kier molecular flexibility index (Phi) is 8.06. The highest BCUT2D eigenvalue weighted by molar-refractivity contribution is 5.99. The first-order chi connectivity index (χ1) is 16.9. The highest BCUT2D eigenvalue weighted by atomic mass is 16.5. The van der Waals surface area contributed by atoms with E-state index in [9.17, 15) is 14.4 Å². The first-order valence-corrected chi connectivity index (χ1v) is 12.8. The fourth-order valence-electron chi connectivity index (χ4n) is 5.58. The molecule has 1 aliphatic heterocycles. The Bertz CT molecular complexity index is 1090. The maximum Gasteiger partial charge on any atom is 0.259 e. The molecule has 0 radical (unpaired) electrons. The van der Waals surface area contributed by atoms with Crippen LogP contribution in [0.25, 0.3) is 0 Å². The van der Waals surface area contributed by atoms with E-state index in [1.165, 1.54) is 5.56 Å². The number of nitrogens with zero attached hydrogens (tertiary/aromatic N) is 2. The molecule has 2 amide bonds. The Morgan fingerprint density at radius 3 is 2.46 bits per heavy atom. The highest BCUT2D eigenvalue weighted by Gasteiger charge is 2.36. The van der Waals surface area contributed by atoms with Gasteiger partial charge >= 0.3 is 0 Å². The van der Waals surface area contributed by atoms with Crippen molar-refractivity contribution < 1.29 is 14.3 Å². The van der Waals surface area contributed by atoms with Crippen LogP contribution in [-0.4, -0.2) is 54.1 Å². The lowest BCUT2D eigenvalue weighted by Gasteiger charge is -2.33. The van der Waals surface area contributed by atoms with E-state index in [0.717, 1.165) is 44.9 Å². The molecular formula is C28H37N3O4. The van der Waals surface area contributed by atoms with Crippen molar-refractivity contribution in [2.45, 2.75) is 69.9 Å². The van der Waals surface area contributed by atoms with E-state index in [0.29, 0.717) is 26.2 Å². The molecular weight excluding hydrogens is 442 g/mol. The fraction of sp³-hybridized carbons (Fsp3) is 0.536. The van der Waals surface area contributed by atoms with Crippen LogP contribution in [0.2, 0.25) is 0 Å². The smallest absolute Gasteiger partial charge is 0.259 e. The van der Waals surface area contributed by atoms with Crippen molar-refractivity contribution in [2.75, 3.05) is 26.8 Å². The SMILES string of the molecule is COCCn1cc(C(=O)NCC2(c3ccccc3)CCCC2)c(=O)c(C(=O)N2CCCCC2C)c1. The number of carbonyl (C=O) groups is 2. The number of carbonyl (C=O) groups excluding carboxylic acids is 2. The van der Waals surface area contributed by atoms with Gasteiger partial charge in [-0.05, 0) is 44.6 Å². The third kappa shape index (κ3) is 5.50. The zero-order chi connectivity index (χ0) is 24.8. The number of ether oxygens (including phenoxy) is 1. The molecule has 1 unspecified atom stereocenters. The summed E-state index contributed by atoms with van der Waals surface area (Å²) >= 11 is 0. The van der Waals surface area contributed by atoms with Crippen molar-refractivity contribution in [2.24, 2.45) is 0 Å². The lowest BCUT2D eigenvalue weighted by molar-refractivity contribution is 0.0633. The first kappa shape index (κ1) is 25.2. The Morgan fingerprint density at radius 1 is 1.06 bits per heavy atom. The van der Waals surface area contributed by atoms with Gasteiger partial charge in [-0.2, -0.15) is 0 Å². The zero-order valence-corrected chi connectivity index (χ0v) is 20.9. The number of nitrogens with one attached hydrogen (secondary N) is 1. The van der Waals surface area contributed by atoms with Gasteiger partial charge in [-0.1, -0.05) is 43.2 Å². The fourth-order valence-corrected chi connectivity index (χ4v) is 5.58. The molecule has 0 bridgehead atoms. The number of aromatic nitrogens is 1. The molecule has 0 spiro atoms. The molecule has 1 saturated heterocycles. The van der Waals surface area contributed by atoms with E-state index in [1.54, 1.807) is 29.0 Å². The lowest BCUT2D eigenvalue weighted by atomic mass is 9.79. The number of rotatable bonds is 8. The van der Waals surface area contributed by atoms with Gasteiger partial charge in [0.15, 0.2) is 0 Å². The second-order valence-corrected chi connectivity index (χ2v) is 10.0. The number of likely N-dealkylation sites (tertiary alicyclic amines) is 1. The van der Waals surface area contributed by atoms with E-state index in [4.69, 9.17) is 4.74 Å². The van der Waals surface area contributed by atoms with Gasteiger partial charge in [0, 0.05) is 50.6 Å². The minimum Gasteiger partial charge on any atom is -0.383 e. The van der Waals surface area contributed by atoms with Gasteiger partial charge in [0.05, 0.1) is 6.61 Å². The molecule has 2 fully saturated rings. The minimum absolute atomic E-state index is 0.0119. The molecule has 1 atom stereocenters. The molecule has 4 rings (SSSR count). The Balaban J connectivity index is 1.61. The van der Waals surface area contributed by atoms with Gasteiger partial charge in [-0.3, -0.25) is 14.4 Å². The Hall–Kier alpha value is -2.93. The molecule has 1 aromatic carbocycles. The second kappa shape index (κ2) is 11.2. The van der Waals surface area contributed by atoms with Gasteiger partial charge in [-0.15, -0.1) is 0 Å². The van der Waals surface area contributed by atoms with Crippen LogP contribution in [0.3, 0.4) is 0 Å². The number of benzene rings is 1. The topological polar surface area (TPSA) is 80.6 Å². The predicted molar refractivity (Wildman–Crippen MR) is 136 cm³/mol. The molecule has 2 aromatic rings. The summed E-state index contributed by atoms with van der Waals surface area (Å²) in [6.07, 6.45) is 10.3. The van der Waals surface area contributed by atoms with Crippen LogP contribution in [0.15, 0.2) is 47.5 Å². The van der Waals surface area contributed by atoms with Crippen molar-refractivity contribution in [3.63, 3.8) is 0 Å². The summed E-state index contributed by atoms with van der Waals surface area (Å²) in [6.45, 7) is 3.97. The molecule has 1 N–H and O–H groups in total. The molecule has 2 aliphatic rings. The van der Waals surface area contributed by atoms with Gasteiger partial charge in [0.25, 0.3) is 11.8 Å². The first-order valence-electron chi connectivity index (χ1n) is 12.8. The van der Waals surface area contributed by atoms with Crippen molar-refractivity contribution in [3.05, 3.63) is 69.6 Å². The van der Waals surface area contributed by atoms with E-state index < -0.39 is 11.3 Å². The minimum atomic E-state index is -0.501. The number of hydrogen-bond donors (Lipinski definition) is 1. The molecule has 1 aliphatic carbocycles. The number of hydrogen-bond acceptors (Lipinski definition) is 4. The molecule has 2 heterocycles. The summed E-state index contributed by atoms with van der Waals surface area (Å²) in [6, 6.07) is 10.4.